The van der Waals surface area contributed by atoms with E-state index in [-0.39, 0.29) is 17.8 Å². The maximum atomic E-state index is 13.3. The first-order valence-corrected chi connectivity index (χ1v) is 9.90. The Morgan fingerprint density at radius 1 is 1.00 bits per heavy atom. The summed E-state index contributed by atoms with van der Waals surface area (Å²) in [7, 11) is 0. The minimum Gasteiger partial charge on any atom is -0.315 e. The number of nitrogens with zero attached hydrogens (tertiary/aromatic N) is 3. The van der Waals surface area contributed by atoms with Gasteiger partial charge in [0.1, 0.15) is 11.6 Å². The van der Waals surface area contributed by atoms with Gasteiger partial charge in [-0.1, -0.05) is 12.1 Å². The van der Waals surface area contributed by atoms with Gasteiger partial charge in [-0.2, -0.15) is 0 Å². The molecule has 1 aliphatic rings. The van der Waals surface area contributed by atoms with E-state index in [1.165, 1.54) is 35.6 Å². The zero-order valence-electron chi connectivity index (χ0n) is 14.9. The van der Waals surface area contributed by atoms with Crippen molar-refractivity contribution in [1.29, 1.82) is 0 Å². The summed E-state index contributed by atoms with van der Waals surface area (Å²) in [6.07, 6.45) is 0.572. The summed E-state index contributed by atoms with van der Waals surface area (Å²) in [5.74, 6) is -0.439. The van der Waals surface area contributed by atoms with E-state index >= 15 is 0 Å². The molecule has 1 atom stereocenters. The molecule has 0 radical (unpaired) electrons. The van der Waals surface area contributed by atoms with Crippen LogP contribution in [-0.2, 0) is 13.0 Å². The van der Waals surface area contributed by atoms with E-state index in [0.717, 1.165) is 53.5 Å². The lowest BCUT2D eigenvalue weighted by molar-refractivity contribution is 0.0935. The molecule has 0 bridgehead atoms. The highest BCUT2D eigenvalue weighted by Gasteiger charge is 2.22. The molecule has 0 saturated carbocycles. The van der Waals surface area contributed by atoms with Crippen molar-refractivity contribution in [2.75, 3.05) is 26.2 Å². The second-order valence-electron chi connectivity index (χ2n) is 6.93. The number of halogens is 2. The third-order valence-corrected chi connectivity index (χ3v) is 6.01. The van der Waals surface area contributed by atoms with Crippen LogP contribution in [0.15, 0.2) is 42.5 Å². The molecule has 1 aromatic heterocycles. The van der Waals surface area contributed by atoms with Crippen molar-refractivity contribution in [2.24, 2.45) is 5.73 Å². The van der Waals surface area contributed by atoms with Crippen LogP contribution >= 0.6 is 11.3 Å². The van der Waals surface area contributed by atoms with E-state index < -0.39 is 0 Å². The molecule has 142 valence electrons. The molecular formula is C20H22F2N4S. The highest BCUT2D eigenvalue weighted by molar-refractivity contribution is 7.18. The lowest BCUT2D eigenvalue weighted by Crippen LogP contribution is -2.53. The minimum atomic E-state index is -0.237. The lowest BCUT2D eigenvalue weighted by Gasteiger charge is -2.37. The monoisotopic (exact) mass is 388 g/mol. The van der Waals surface area contributed by atoms with Gasteiger partial charge in [-0.15, -0.1) is 11.3 Å². The number of benzene rings is 2. The Morgan fingerprint density at radius 2 is 1.70 bits per heavy atom. The standard InChI is InChI=1S/C20H22F2N4S/c21-15-3-1-14(2-4-15)13-25-7-9-26(10-8-25)19(23)12-20-24-17-6-5-16(22)11-18(17)27-20/h1-6,11,19H,7-10,12-13,23H2. The zero-order chi connectivity index (χ0) is 18.8. The normalized spacial score (nSPS) is 17.4. The van der Waals surface area contributed by atoms with E-state index in [1.54, 1.807) is 6.07 Å². The number of hydrogen-bond donors (Lipinski definition) is 1. The van der Waals surface area contributed by atoms with Crippen molar-refractivity contribution < 1.29 is 8.78 Å². The zero-order valence-corrected chi connectivity index (χ0v) is 15.8. The number of hydrogen-bond acceptors (Lipinski definition) is 5. The third kappa shape index (κ3) is 4.50. The minimum absolute atomic E-state index is 0.0941. The van der Waals surface area contributed by atoms with Crippen LogP contribution in [0, 0.1) is 11.6 Å². The van der Waals surface area contributed by atoms with Crippen LogP contribution in [0.2, 0.25) is 0 Å². The maximum absolute atomic E-state index is 13.3. The Kier molecular flexibility index (Phi) is 5.45. The molecule has 4 rings (SSSR count). The van der Waals surface area contributed by atoms with Gasteiger partial charge in [-0.05, 0) is 35.9 Å². The van der Waals surface area contributed by atoms with Gasteiger partial charge in [-0.3, -0.25) is 9.80 Å². The predicted molar refractivity (Wildman–Crippen MR) is 105 cm³/mol. The highest BCUT2D eigenvalue weighted by atomic mass is 32.1. The predicted octanol–water partition coefficient (Wildman–Crippen LogP) is 3.22. The van der Waals surface area contributed by atoms with Crippen LogP contribution in [0.25, 0.3) is 10.2 Å². The third-order valence-electron chi connectivity index (χ3n) is 4.97. The van der Waals surface area contributed by atoms with Gasteiger partial charge >= 0.3 is 0 Å². The Morgan fingerprint density at radius 3 is 2.44 bits per heavy atom. The van der Waals surface area contributed by atoms with Gasteiger partial charge in [-0.25, -0.2) is 13.8 Å². The molecule has 0 aliphatic carbocycles. The molecule has 7 heteroatoms. The number of nitrogens with two attached hydrogens (primary N) is 1. The first-order valence-electron chi connectivity index (χ1n) is 9.08. The molecule has 0 spiro atoms. The summed E-state index contributed by atoms with van der Waals surface area (Å²) in [6, 6.07) is 11.4. The van der Waals surface area contributed by atoms with E-state index in [1.807, 2.05) is 12.1 Å². The summed E-state index contributed by atoms with van der Waals surface area (Å²) in [5, 5.41) is 0.942. The van der Waals surface area contributed by atoms with Gasteiger partial charge in [0.15, 0.2) is 0 Å². The van der Waals surface area contributed by atoms with Crippen LogP contribution in [0.3, 0.4) is 0 Å². The fourth-order valence-corrected chi connectivity index (χ4v) is 4.48. The SMILES string of the molecule is NC(Cc1nc2ccc(F)cc2s1)N1CCN(Cc2ccc(F)cc2)CC1. The topological polar surface area (TPSA) is 45.4 Å². The highest BCUT2D eigenvalue weighted by Crippen LogP contribution is 2.24. The van der Waals surface area contributed by atoms with E-state index in [0.29, 0.717) is 6.42 Å². The van der Waals surface area contributed by atoms with E-state index in [2.05, 4.69) is 14.8 Å². The number of thiazole rings is 1. The molecule has 4 nitrogen and oxygen atoms in total. The van der Waals surface area contributed by atoms with Crippen LogP contribution in [0.4, 0.5) is 8.78 Å². The van der Waals surface area contributed by atoms with E-state index in [9.17, 15) is 8.78 Å². The quantitative estimate of drug-likeness (QED) is 0.729. The average Bonchev–Trinajstić information content (AvgIpc) is 3.05. The molecule has 2 N–H and O–H groups in total. The number of fused-ring (bicyclic) bond motifs is 1. The smallest absolute Gasteiger partial charge is 0.124 e. The van der Waals surface area contributed by atoms with Gasteiger partial charge < -0.3 is 5.73 Å². The Labute approximate surface area is 161 Å². The van der Waals surface area contributed by atoms with Crippen molar-refractivity contribution in [3.05, 3.63) is 64.7 Å². The Hall–Kier alpha value is -1.93. The molecule has 27 heavy (non-hydrogen) atoms. The maximum Gasteiger partial charge on any atom is 0.124 e. The van der Waals surface area contributed by atoms with Crippen LogP contribution in [0.1, 0.15) is 10.6 Å². The number of aromatic nitrogens is 1. The Bertz CT molecular complexity index is 904. The van der Waals surface area contributed by atoms with Crippen molar-refractivity contribution in [3.63, 3.8) is 0 Å². The van der Waals surface area contributed by atoms with Crippen molar-refractivity contribution in [2.45, 2.75) is 19.1 Å². The molecule has 1 fully saturated rings. The number of rotatable bonds is 5. The summed E-state index contributed by atoms with van der Waals surface area (Å²) in [6.45, 7) is 4.46. The van der Waals surface area contributed by atoms with Crippen molar-refractivity contribution >= 4 is 21.6 Å². The molecule has 3 aromatic rings. The first-order chi connectivity index (χ1) is 13.1. The molecule has 1 aliphatic heterocycles. The van der Waals surface area contributed by atoms with Crippen LogP contribution < -0.4 is 5.73 Å². The molecule has 2 aromatic carbocycles. The van der Waals surface area contributed by atoms with Gasteiger partial charge in [0.25, 0.3) is 0 Å². The van der Waals surface area contributed by atoms with Crippen LogP contribution in [0.5, 0.6) is 0 Å². The van der Waals surface area contributed by atoms with Crippen LogP contribution in [-0.4, -0.2) is 47.1 Å². The molecule has 0 amide bonds. The molecule has 1 saturated heterocycles. The van der Waals surface area contributed by atoms with Crippen molar-refractivity contribution in [3.8, 4) is 0 Å². The molecule has 1 unspecified atom stereocenters. The second kappa shape index (κ2) is 7.98. The largest absolute Gasteiger partial charge is 0.315 e. The summed E-state index contributed by atoms with van der Waals surface area (Å²) in [4.78, 5) is 9.20. The summed E-state index contributed by atoms with van der Waals surface area (Å²) >= 11 is 1.51. The van der Waals surface area contributed by atoms with Gasteiger partial charge in [0.2, 0.25) is 0 Å². The van der Waals surface area contributed by atoms with Gasteiger partial charge in [0.05, 0.1) is 21.4 Å². The second-order valence-corrected chi connectivity index (χ2v) is 8.04. The summed E-state index contributed by atoms with van der Waals surface area (Å²) in [5.41, 5.74) is 8.35. The van der Waals surface area contributed by atoms with E-state index in [4.69, 9.17) is 5.73 Å². The van der Waals surface area contributed by atoms with Crippen molar-refractivity contribution in [1.82, 2.24) is 14.8 Å². The first kappa shape index (κ1) is 18.4. The Balaban J connectivity index is 1.31. The fourth-order valence-electron chi connectivity index (χ4n) is 3.44. The van der Waals surface area contributed by atoms with Gasteiger partial charge in [0, 0.05) is 39.1 Å². The summed E-state index contributed by atoms with van der Waals surface area (Å²) < 4.78 is 27.2. The molecule has 2 heterocycles. The molecular weight excluding hydrogens is 366 g/mol. The number of piperazine rings is 1. The average molecular weight is 388 g/mol. The fraction of sp³-hybridized carbons (Fsp3) is 0.350. The lowest BCUT2D eigenvalue weighted by atomic mass is 10.2.